The summed E-state index contributed by atoms with van der Waals surface area (Å²) in [5.74, 6) is 0. The monoisotopic (exact) mass is 372 g/mol. The van der Waals surface area contributed by atoms with E-state index in [1.807, 2.05) is 30.3 Å². The number of benzene rings is 1. The first-order chi connectivity index (χ1) is 9.50. The van der Waals surface area contributed by atoms with Gasteiger partial charge in [-0.3, -0.25) is 0 Å². The van der Waals surface area contributed by atoms with Crippen molar-refractivity contribution < 1.29 is 8.42 Å². The highest BCUT2D eigenvalue weighted by atomic mass is 79.9. The summed E-state index contributed by atoms with van der Waals surface area (Å²) in [4.78, 5) is 4.15. The Labute approximate surface area is 130 Å². The molecule has 1 aliphatic heterocycles. The van der Waals surface area contributed by atoms with Crippen LogP contribution in [0.1, 0.15) is 23.7 Å². The molecule has 20 heavy (non-hydrogen) atoms. The molecule has 0 radical (unpaired) electrons. The van der Waals surface area contributed by atoms with Gasteiger partial charge in [0, 0.05) is 6.54 Å². The van der Waals surface area contributed by atoms with Crippen molar-refractivity contribution in [3.8, 4) is 0 Å². The molecule has 1 aliphatic rings. The zero-order chi connectivity index (χ0) is 14.3. The largest absolute Gasteiger partial charge is 0.270 e. The summed E-state index contributed by atoms with van der Waals surface area (Å²) in [5, 5.41) is 0. The van der Waals surface area contributed by atoms with Crippen LogP contribution in [-0.4, -0.2) is 24.3 Å². The molecule has 7 heteroatoms. The molecule has 1 aromatic carbocycles. The first kappa shape index (κ1) is 14.2. The number of sulfonamides is 1. The fourth-order valence-electron chi connectivity index (χ4n) is 2.22. The lowest BCUT2D eigenvalue weighted by atomic mass is 9.98. The SMILES string of the molecule is Cc1nc(S(=O)(=O)N2CCC2c2ccccc2)sc1Br. The molecular weight excluding hydrogens is 360 g/mol. The van der Waals surface area contributed by atoms with Crippen LogP contribution in [0.5, 0.6) is 0 Å². The summed E-state index contributed by atoms with van der Waals surface area (Å²) in [6.07, 6.45) is 0.856. The average molecular weight is 373 g/mol. The van der Waals surface area contributed by atoms with Gasteiger partial charge in [-0.1, -0.05) is 41.7 Å². The number of aromatic nitrogens is 1. The second-order valence-corrected chi connectivity index (χ2v) is 9.05. The Morgan fingerprint density at radius 2 is 2.05 bits per heavy atom. The number of hydrogen-bond donors (Lipinski definition) is 0. The van der Waals surface area contributed by atoms with E-state index in [0.717, 1.165) is 15.8 Å². The second kappa shape index (κ2) is 5.22. The van der Waals surface area contributed by atoms with E-state index in [0.29, 0.717) is 12.2 Å². The van der Waals surface area contributed by atoms with Crippen molar-refractivity contribution >= 4 is 37.3 Å². The standard InChI is InChI=1S/C13H13BrN2O2S2/c1-9-12(14)19-13(15-9)20(17,18)16-8-7-11(16)10-5-3-2-4-6-10/h2-6,11H,7-8H2,1H3. The molecule has 0 amide bonds. The maximum Gasteiger partial charge on any atom is 0.270 e. The van der Waals surface area contributed by atoms with Crippen LogP contribution in [-0.2, 0) is 10.0 Å². The summed E-state index contributed by atoms with van der Waals surface area (Å²) in [6, 6.07) is 9.67. The van der Waals surface area contributed by atoms with Crippen molar-refractivity contribution in [2.24, 2.45) is 0 Å². The predicted molar refractivity (Wildman–Crippen MR) is 82.2 cm³/mol. The van der Waals surface area contributed by atoms with E-state index in [4.69, 9.17) is 0 Å². The zero-order valence-electron chi connectivity index (χ0n) is 10.8. The van der Waals surface area contributed by atoms with Crippen LogP contribution in [0.2, 0.25) is 0 Å². The highest BCUT2D eigenvalue weighted by Gasteiger charge is 2.41. The maximum absolute atomic E-state index is 12.6. The van der Waals surface area contributed by atoms with Crippen LogP contribution in [0.3, 0.4) is 0 Å². The summed E-state index contributed by atoms with van der Waals surface area (Å²) in [7, 11) is -3.49. The number of aryl methyl sites for hydroxylation is 1. The first-order valence-electron chi connectivity index (χ1n) is 6.20. The third-order valence-electron chi connectivity index (χ3n) is 3.40. The van der Waals surface area contributed by atoms with Gasteiger partial charge in [-0.15, -0.1) is 0 Å². The summed E-state index contributed by atoms with van der Waals surface area (Å²) in [5.41, 5.74) is 1.75. The Bertz CT molecular complexity index is 709. The minimum absolute atomic E-state index is 0.0656. The highest BCUT2D eigenvalue weighted by Crippen LogP contribution is 2.39. The molecular formula is C13H13BrN2O2S2. The van der Waals surface area contributed by atoms with Gasteiger partial charge in [0.15, 0.2) is 0 Å². The maximum atomic E-state index is 12.6. The molecule has 4 nitrogen and oxygen atoms in total. The predicted octanol–water partition coefficient (Wildman–Crippen LogP) is 3.35. The molecule has 3 rings (SSSR count). The number of hydrogen-bond acceptors (Lipinski definition) is 4. The molecule has 0 aliphatic carbocycles. The van der Waals surface area contributed by atoms with Gasteiger partial charge >= 0.3 is 0 Å². The summed E-state index contributed by atoms with van der Waals surface area (Å²) in [6.45, 7) is 2.35. The van der Waals surface area contributed by atoms with E-state index in [9.17, 15) is 8.42 Å². The van der Waals surface area contributed by atoms with Crippen LogP contribution in [0, 0.1) is 6.92 Å². The minimum atomic E-state index is -3.49. The van der Waals surface area contributed by atoms with Gasteiger partial charge in [-0.25, -0.2) is 13.4 Å². The van der Waals surface area contributed by atoms with Crippen molar-refractivity contribution in [3.05, 3.63) is 45.4 Å². The third kappa shape index (κ3) is 2.32. The Kier molecular flexibility index (Phi) is 3.70. The van der Waals surface area contributed by atoms with Crippen molar-refractivity contribution in [3.63, 3.8) is 0 Å². The van der Waals surface area contributed by atoms with E-state index >= 15 is 0 Å². The molecule has 0 N–H and O–H groups in total. The number of rotatable bonds is 3. The Morgan fingerprint density at radius 1 is 1.35 bits per heavy atom. The lowest BCUT2D eigenvalue weighted by molar-refractivity contribution is 0.202. The molecule has 2 aromatic rings. The molecule has 1 fully saturated rings. The van der Waals surface area contributed by atoms with Crippen LogP contribution < -0.4 is 0 Å². The van der Waals surface area contributed by atoms with E-state index in [1.165, 1.54) is 15.6 Å². The van der Waals surface area contributed by atoms with Gasteiger partial charge in [0.25, 0.3) is 10.0 Å². The Balaban J connectivity index is 1.93. The Hall–Kier alpha value is -0.760. The van der Waals surface area contributed by atoms with Crippen LogP contribution >= 0.6 is 27.3 Å². The number of thiazole rings is 1. The van der Waals surface area contributed by atoms with Gasteiger partial charge in [-0.2, -0.15) is 4.31 Å². The number of halogens is 1. The molecule has 1 atom stereocenters. The van der Waals surface area contributed by atoms with E-state index in [2.05, 4.69) is 20.9 Å². The van der Waals surface area contributed by atoms with Gasteiger partial charge in [0.1, 0.15) is 0 Å². The molecule has 0 spiro atoms. The van der Waals surface area contributed by atoms with Gasteiger partial charge in [0.2, 0.25) is 4.34 Å². The summed E-state index contributed by atoms with van der Waals surface area (Å²) < 4.78 is 27.7. The van der Waals surface area contributed by atoms with Crippen LogP contribution in [0.15, 0.2) is 38.5 Å². The van der Waals surface area contributed by atoms with E-state index in [1.54, 1.807) is 6.92 Å². The molecule has 1 unspecified atom stereocenters. The molecule has 0 saturated carbocycles. The van der Waals surface area contributed by atoms with Gasteiger partial charge < -0.3 is 0 Å². The van der Waals surface area contributed by atoms with Crippen molar-refractivity contribution in [1.82, 2.24) is 9.29 Å². The number of nitrogens with zero attached hydrogens (tertiary/aromatic N) is 2. The van der Waals surface area contributed by atoms with Crippen LogP contribution in [0.4, 0.5) is 0 Å². The van der Waals surface area contributed by atoms with E-state index in [-0.39, 0.29) is 10.4 Å². The van der Waals surface area contributed by atoms with Gasteiger partial charge in [-0.05, 0) is 34.8 Å². The first-order valence-corrected chi connectivity index (χ1v) is 9.25. The minimum Gasteiger partial charge on any atom is -0.228 e. The topological polar surface area (TPSA) is 50.3 Å². The Morgan fingerprint density at radius 3 is 2.55 bits per heavy atom. The lowest BCUT2D eigenvalue weighted by Gasteiger charge is -2.39. The second-order valence-electron chi connectivity index (χ2n) is 4.67. The molecule has 0 bridgehead atoms. The van der Waals surface area contributed by atoms with Gasteiger partial charge in [0.05, 0.1) is 15.5 Å². The molecule has 1 saturated heterocycles. The average Bonchev–Trinajstić information content (AvgIpc) is 2.70. The quantitative estimate of drug-likeness (QED) is 0.829. The third-order valence-corrected chi connectivity index (χ3v) is 7.67. The fourth-order valence-corrected chi connectivity index (χ4v) is 5.94. The van der Waals surface area contributed by atoms with Crippen LogP contribution in [0.25, 0.3) is 0 Å². The normalized spacial score (nSPS) is 19.8. The summed E-state index contributed by atoms with van der Waals surface area (Å²) >= 11 is 4.50. The molecule has 106 valence electrons. The van der Waals surface area contributed by atoms with Crippen molar-refractivity contribution in [2.75, 3.05) is 6.54 Å². The van der Waals surface area contributed by atoms with Crippen molar-refractivity contribution in [2.45, 2.75) is 23.7 Å². The zero-order valence-corrected chi connectivity index (χ0v) is 14.0. The smallest absolute Gasteiger partial charge is 0.228 e. The fraction of sp³-hybridized carbons (Fsp3) is 0.308. The van der Waals surface area contributed by atoms with Crippen molar-refractivity contribution in [1.29, 1.82) is 0 Å². The van der Waals surface area contributed by atoms with E-state index < -0.39 is 10.0 Å². The highest BCUT2D eigenvalue weighted by molar-refractivity contribution is 9.11. The molecule has 2 heterocycles. The lowest BCUT2D eigenvalue weighted by Crippen LogP contribution is -2.44. The molecule has 1 aromatic heterocycles.